The standard InChI is InChI=1S/C15H19NO2/c1-3-11-16(4-2)15(18)14-9-7-13(8-10-14)6-5-12-17/h7-10,17H,3-4,11-12H2,1-2H3. The summed E-state index contributed by atoms with van der Waals surface area (Å²) in [4.78, 5) is 14.0. The van der Waals surface area contributed by atoms with Crippen LogP contribution in [0.2, 0.25) is 0 Å². The number of carbonyl (C=O) groups is 1. The maximum atomic E-state index is 12.1. The molecular weight excluding hydrogens is 226 g/mol. The molecule has 0 aliphatic carbocycles. The topological polar surface area (TPSA) is 40.5 Å². The van der Waals surface area contributed by atoms with Crippen LogP contribution in [0.15, 0.2) is 24.3 Å². The Morgan fingerprint density at radius 2 is 1.94 bits per heavy atom. The molecule has 0 aliphatic rings. The summed E-state index contributed by atoms with van der Waals surface area (Å²) in [6.07, 6.45) is 0.958. The monoisotopic (exact) mass is 245 g/mol. The van der Waals surface area contributed by atoms with Crippen LogP contribution in [0.1, 0.15) is 36.2 Å². The molecule has 0 spiro atoms. The van der Waals surface area contributed by atoms with E-state index in [1.165, 1.54) is 0 Å². The Labute approximate surface area is 108 Å². The van der Waals surface area contributed by atoms with Gasteiger partial charge in [0.15, 0.2) is 0 Å². The van der Waals surface area contributed by atoms with E-state index in [0.717, 1.165) is 25.1 Å². The highest BCUT2D eigenvalue weighted by Gasteiger charge is 2.12. The van der Waals surface area contributed by atoms with E-state index in [2.05, 4.69) is 18.8 Å². The number of benzene rings is 1. The van der Waals surface area contributed by atoms with E-state index in [1.54, 1.807) is 24.3 Å². The van der Waals surface area contributed by atoms with Crippen molar-refractivity contribution in [2.24, 2.45) is 0 Å². The predicted octanol–water partition coefficient (Wildman–Crippen LogP) is 1.90. The van der Waals surface area contributed by atoms with Gasteiger partial charge < -0.3 is 10.0 Å². The molecule has 3 nitrogen and oxygen atoms in total. The summed E-state index contributed by atoms with van der Waals surface area (Å²) in [6.45, 7) is 5.39. The van der Waals surface area contributed by atoms with Gasteiger partial charge >= 0.3 is 0 Å². The van der Waals surface area contributed by atoms with Crippen molar-refractivity contribution in [3.63, 3.8) is 0 Å². The quantitative estimate of drug-likeness (QED) is 0.823. The van der Waals surface area contributed by atoms with Crippen LogP contribution >= 0.6 is 0 Å². The molecule has 0 heterocycles. The van der Waals surface area contributed by atoms with E-state index >= 15 is 0 Å². The number of rotatable bonds is 4. The highest BCUT2D eigenvalue weighted by atomic mass is 16.2. The van der Waals surface area contributed by atoms with E-state index in [9.17, 15) is 4.79 Å². The molecular formula is C15H19NO2. The van der Waals surface area contributed by atoms with E-state index in [1.807, 2.05) is 11.8 Å². The van der Waals surface area contributed by atoms with Crippen molar-refractivity contribution in [3.8, 4) is 11.8 Å². The minimum Gasteiger partial charge on any atom is -0.384 e. The van der Waals surface area contributed by atoms with Gasteiger partial charge in [-0.25, -0.2) is 0 Å². The molecule has 1 rings (SSSR count). The average molecular weight is 245 g/mol. The number of amides is 1. The number of carbonyl (C=O) groups excluding carboxylic acids is 1. The highest BCUT2D eigenvalue weighted by molar-refractivity contribution is 5.94. The van der Waals surface area contributed by atoms with Gasteiger partial charge in [0.2, 0.25) is 0 Å². The van der Waals surface area contributed by atoms with Gasteiger partial charge in [0, 0.05) is 24.2 Å². The maximum absolute atomic E-state index is 12.1. The van der Waals surface area contributed by atoms with Crippen LogP contribution in [0.3, 0.4) is 0 Å². The normalized spacial score (nSPS) is 9.50. The second-order valence-corrected chi connectivity index (χ2v) is 3.92. The van der Waals surface area contributed by atoms with Crippen LogP contribution in [0.4, 0.5) is 0 Å². The fourth-order valence-electron chi connectivity index (χ4n) is 1.69. The van der Waals surface area contributed by atoms with Gasteiger partial charge in [0.05, 0.1) is 0 Å². The molecule has 18 heavy (non-hydrogen) atoms. The molecule has 0 aliphatic heterocycles. The van der Waals surface area contributed by atoms with Crippen LogP contribution in [0.5, 0.6) is 0 Å². The largest absolute Gasteiger partial charge is 0.384 e. The molecule has 0 saturated carbocycles. The van der Waals surface area contributed by atoms with Gasteiger partial charge in [-0.2, -0.15) is 0 Å². The van der Waals surface area contributed by atoms with Crippen LogP contribution in [0, 0.1) is 11.8 Å². The zero-order valence-corrected chi connectivity index (χ0v) is 10.9. The number of nitrogens with zero attached hydrogens (tertiary/aromatic N) is 1. The molecule has 0 aromatic heterocycles. The number of aliphatic hydroxyl groups is 1. The van der Waals surface area contributed by atoms with Crippen molar-refractivity contribution in [1.29, 1.82) is 0 Å². The first-order chi connectivity index (χ1) is 8.72. The van der Waals surface area contributed by atoms with E-state index < -0.39 is 0 Å². The van der Waals surface area contributed by atoms with Crippen molar-refractivity contribution in [2.75, 3.05) is 19.7 Å². The van der Waals surface area contributed by atoms with Crippen molar-refractivity contribution in [3.05, 3.63) is 35.4 Å². The van der Waals surface area contributed by atoms with Crippen LogP contribution in [0.25, 0.3) is 0 Å². The summed E-state index contributed by atoms with van der Waals surface area (Å²) < 4.78 is 0. The highest BCUT2D eigenvalue weighted by Crippen LogP contribution is 2.07. The number of hydrogen-bond donors (Lipinski definition) is 1. The zero-order valence-electron chi connectivity index (χ0n) is 10.9. The van der Waals surface area contributed by atoms with Crippen molar-refractivity contribution >= 4 is 5.91 Å². The van der Waals surface area contributed by atoms with Crippen LogP contribution in [-0.2, 0) is 0 Å². The zero-order chi connectivity index (χ0) is 13.4. The average Bonchev–Trinajstić information content (AvgIpc) is 2.42. The van der Waals surface area contributed by atoms with Gasteiger partial charge in [-0.3, -0.25) is 4.79 Å². The summed E-state index contributed by atoms with van der Waals surface area (Å²) in [5, 5.41) is 8.60. The van der Waals surface area contributed by atoms with Gasteiger partial charge in [0.25, 0.3) is 5.91 Å². The fourth-order valence-corrected chi connectivity index (χ4v) is 1.69. The predicted molar refractivity (Wildman–Crippen MR) is 72.3 cm³/mol. The second kappa shape index (κ2) is 7.52. The summed E-state index contributed by atoms with van der Waals surface area (Å²) >= 11 is 0. The molecule has 0 unspecified atom stereocenters. The van der Waals surface area contributed by atoms with E-state index in [0.29, 0.717) is 5.56 Å². The Hall–Kier alpha value is -1.79. The third-order valence-corrected chi connectivity index (χ3v) is 2.61. The van der Waals surface area contributed by atoms with Crippen LogP contribution in [-0.4, -0.2) is 35.6 Å². The lowest BCUT2D eigenvalue weighted by Gasteiger charge is -2.20. The maximum Gasteiger partial charge on any atom is 0.253 e. The summed E-state index contributed by atoms with van der Waals surface area (Å²) in [6, 6.07) is 7.16. The lowest BCUT2D eigenvalue weighted by atomic mass is 10.1. The Bertz CT molecular complexity index is 440. The van der Waals surface area contributed by atoms with Crippen LogP contribution < -0.4 is 0 Å². The molecule has 0 radical (unpaired) electrons. The molecule has 1 amide bonds. The molecule has 1 aromatic rings. The van der Waals surface area contributed by atoms with Crippen molar-refractivity contribution in [2.45, 2.75) is 20.3 Å². The van der Waals surface area contributed by atoms with Crippen molar-refractivity contribution < 1.29 is 9.90 Å². The van der Waals surface area contributed by atoms with Gasteiger partial charge in [-0.1, -0.05) is 18.8 Å². The Balaban J connectivity index is 2.80. The molecule has 0 atom stereocenters. The minimum atomic E-state index is -0.152. The summed E-state index contributed by atoms with van der Waals surface area (Å²) in [7, 11) is 0. The SMILES string of the molecule is CCCN(CC)C(=O)c1ccc(C#CCO)cc1. The van der Waals surface area contributed by atoms with E-state index in [-0.39, 0.29) is 12.5 Å². The number of aliphatic hydroxyl groups excluding tert-OH is 1. The van der Waals surface area contributed by atoms with E-state index in [4.69, 9.17) is 5.11 Å². The molecule has 1 N–H and O–H groups in total. The first kappa shape index (κ1) is 14.3. The van der Waals surface area contributed by atoms with Gasteiger partial charge in [-0.05, 0) is 37.6 Å². The molecule has 3 heteroatoms. The fraction of sp³-hybridized carbons (Fsp3) is 0.400. The van der Waals surface area contributed by atoms with Crippen molar-refractivity contribution in [1.82, 2.24) is 4.90 Å². The lowest BCUT2D eigenvalue weighted by molar-refractivity contribution is 0.0764. The minimum absolute atomic E-state index is 0.0565. The molecule has 96 valence electrons. The molecule has 0 saturated heterocycles. The Kier molecular flexibility index (Phi) is 5.96. The molecule has 1 aromatic carbocycles. The first-order valence-electron chi connectivity index (χ1n) is 6.22. The lowest BCUT2D eigenvalue weighted by Crippen LogP contribution is -2.31. The third-order valence-electron chi connectivity index (χ3n) is 2.61. The van der Waals surface area contributed by atoms with Gasteiger partial charge in [0.1, 0.15) is 6.61 Å². The summed E-state index contributed by atoms with van der Waals surface area (Å²) in [5.74, 6) is 5.44. The third kappa shape index (κ3) is 3.90. The van der Waals surface area contributed by atoms with Gasteiger partial charge in [-0.15, -0.1) is 0 Å². The molecule has 0 bridgehead atoms. The number of hydrogen-bond acceptors (Lipinski definition) is 2. The smallest absolute Gasteiger partial charge is 0.253 e. The first-order valence-corrected chi connectivity index (χ1v) is 6.22. The summed E-state index contributed by atoms with van der Waals surface area (Å²) in [5.41, 5.74) is 1.49. The Morgan fingerprint density at radius 3 is 2.44 bits per heavy atom. The second-order valence-electron chi connectivity index (χ2n) is 3.92. The molecule has 0 fully saturated rings. The Morgan fingerprint density at radius 1 is 1.28 bits per heavy atom.